The van der Waals surface area contributed by atoms with Gasteiger partial charge in [-0.1, -0.05) is 13.8 Å². The van der Waals surface area contributed by atoms with E-state index in [2.05, 4.69) is 5.32 Å². The third kappa shape index (κ3) is 4.18. The SMILES string of the molecule is CC(C)[C@@H](N)C(=O)NCCC1CCCO1. The first-order valence-electron chi connectivity index (χ1n) is 5.76. The van der Waals surface area contributed by atoms with Gasteiger partial charge in [0.25, 0.3) is 0 Å². The zero-order valence-electron chi connectivity index (χ0n) is 9.66. The molecule has 4 nitrogen and oxygen atoms in total. The van der Waals surface area contributed by atoms with Crippen molar-refractivity contribution in [1.82, 2.24) is 5.32 Å². The molecule has 1 unspecified atom stereocenters. The Morgan fingerprint density at radius 2 is 2.33 bits per heavy atom. The standard InChI is InChI=1S/C11H22N2O2/c1-8(2)10(12)11(14)13-6-5-9-4-3-7-15-9/h8-10H,3-7,12H2,1-2H3,(H,13,14)/t9?,10-/m1/s1. The van der Waals surface area contributed by atoms with Gasteiger partial charge in [-0.15, -0.1) is 0 Å². The van der Waals surface area contributed by atoms with Crippen LogP contribution in [-0.4, -0.2) is 31.2 Å². The van der Waals surface area contributed by atoms with Crippen LogP contribution in [0.25, 0.3) is 0 Å². The number of hydrogen-bond donors (Lipinski definition) is 2. The van der Waals surface area contributed by atoms with Gasteiger partial charge in [-0.2, -0.15) is 0 Å². The third-order valence-corrected chi connectivity index (χ3v) is 2.81. The minimum absolute atomic E-state index is 0.0528. The fraction of sp³-hybridized carbons (Fsp3) is 0.909. The highest BCUT2D eigenvalue weighted by molar-refractivity contribution is 5.81. The molecule has 0 aromatic rings. The van der Waals surface area contributed by atoms with Crippen molar-refractivity contribution in [1.29, 1.82) is 0 Å². The van der Waals surface area contributed by atoms with Gasteiger partial charge in [-0.25, -0.2) is 0 Å². The predicted octanol–water partition coefficient (Wildman–Crippen LogP) is 0.655. The van der Waals surface area contributed by atoms with Gasteiger partial charge in [0, 0.05) is 13.2 Å². The summed E-state index contributed by atoms with van der Waals surface area (Å²) in [5, 5.41) is 2.85. The summed E-state index contributed by atoms with van der Waals surface area (Å²) in [6, 6.07) is -0.394. The molecule has 1 heterocycles. The van der Waals surface area contributed by atoms with Crippen molar-refractivity contribution in [2.45, 2.75) is 45.3 Å². The van der Waals surface area contributed by atoms with E-state index in [-0.39, 0.29) is 11.8 Å². The molecule has 1 amide bonds. The Morgan fingerprint density at radius 1 is 1.60 bits per heavy atom. The molecule has 1 aliphatic heterocycles. The summed E-state index contributed by atoms with van der Waals surface area (Å²) in [6.45, 7) is 5.43. The molecular formula is C11H22N2O2. The van der Waals surface area contributed by atoms with E-state index >= 15 is 0 Å². The Hall–Kier alpha value is -0.610. The number of rotatable bonds is 5. The maximum atomic E-state index is 11.5. The van der Waals surface area contributed by atoms with Crippen molar-refractivity contribution in [3.8, 4) is 0 Å². The molecule has 1 saturated heterocycles. The van der Waals surface area contributed by atoms with Gasteiger partial charge >= 0.3 is 0 Å². The van der Waals surface area contributed by atoms with Crippen LogP contribution >= 0.6 is 0 Å². The Labute approximate surface area is 91.5 Å². The molecule has 1 rings (SSSR count). The second-order valence-corrected chi connectivity index (χ2v) is 4.48. The number of hydrogen-bond acceptors (Lipinski definition) is 3. The molecule has 0 spiro atoms. The molecule has 1 fully saturated rings. The monoisotopic (exact) mass is 214 g/mol. The number of amides is 1. The molecule has 1 aliphatic rings. The van der Waals surface area contributed by atoms with Gasteiger partial charge < -0.3 is 15.8 Å². The van der Waals surface area contributed by atoms with Gasteiger partial charge in [-0.3, -0.25) is 4.79 Å². The number of ether oxygens (including phenoxy) is 1. The first kappa shape index (κ1) is 12.5. The van der Waals surface area contributed by atoms with Crippen molar-refractivity contribution in [2.24, 2.45) is 11.7 Å². The molecule has 0 aromatic carbocycles. The topological polar surface area (TPSA) is 64.4 Å². The summed E-state index contributed by atoms with van der Waals surface area (Å²) in [5.74, 6) is 0.135. The molecule has 0 aliphatic carbocycles. The number of carbonyl (C=O) groups excluding carboxylic acids is 1. The van der Waals surface area contributed by atoms with E-state index in [1.165, 1.54) is 0 Å². The highest BCUT2D eigenvalue weighted by Crippen LogP contribution is 2.14. The van der Waals surface area contributed by atoms with E-state index in [0.29, 0.717) is 12.6 Å². The normalized spacial score (nSPS) is 23.1. The second kappa shape index (κ2) is 6.08. The lowest BCUT2D eigenvalue weighted by Gasteiger charge is -2.16. The van der Waals surface area contributed by atoms with Gasteiger partial charge in [0.05, 0.1) is 12.1 Å². The highest BCUT2D eigenvalue weighted by Gasteiger charge is 2.18. The lowest BCUT2D eigenvalue weighted by molar-refractivity contribution is -0.123. The average Bonchev–Trinajstić information content (AvgIpc) is 2.69. The maximum absolute atomic E-state index is 11.5. The summed E-state index contributed by atoms with van der Waals surface area (Å²) in [7, 11) is 0. The molecule has 88 valence electrons. The van der Waals surface area contributed by atoms with Crippen LogP contribution in [0, 0.1) is 5.92 Å². The average molecular weight is 214 g/mol. The van der Waals surface area contributed by atoms with Crippen molar-refractivity contribution >= 4 is 5.91 Å². The first-order valence-corrected chi connectivity index (χ1v) is 5.76. The van der Waals surface area contributed by atoms with Crippen LogP contribution < -0.4 is 11.1 Å². The van der Waals surface area contributed by atoms with Crippen LogP contribution in [-0.2, 0) is 9.53 Å². The molecule has 0 aromatic heterocycles. The minimum atomic E-state index is -0.394. The lowest BCUT2D eigenvalue weighted by Crippen LogP contribution is -2.44. The van der Waals surface area contributed by atoms with Crippen molar-refractivity contribution < 1.29 is 9.53 Å². The zero-order valence-corrected chi connectivity index (χ0v) is 9.66. The number of carbonyl (C=O) groups is 1. The lowest BCUT2D eigenvalue weighted by atomic mass is 10.0. The van der Waals surface area contributed by atoms with Crippen LogP contribution in [0.3, 0.4) is 0 Å². The molecule has 4 heteroatoms. The van der Waals surface area contributed by atoms with Crippen LogP contribution in [0.1, 0.15) is 33.1 Å². The minimum Gasteiger partial charge on any atom is -0.378 e. The summed E-state index contributed by atoms with van der Waals surface area (Å²) < 4.78 is 5.46. The molecule has 0 bridgehead atoms. The number of nitrogens with one attached hydrogen (secondary N) is 1. The number of nitrogens with two attached hydrogens (primary N) is 1. The second-order valence-electron chi connectivity index (χ2n) is 4.48. The molecule has 2 atom stereocenters. The molecule has 0 saturated carbocycles. The molecule has 0 radical (unpaired) electrons. The Morgan fingerprint density at radius 3 is 2.87 bits per heavy atom. The highest BCUT2D eigenvalue weighted by atomic mass is 16.5. The maximum Gasteiger partial charge on any atom is 0.237 e. The van der Waals surface area contributed by atoms with E-state index in [9.17, 15) is 4.79 Å². The van der Waals surface area contributed by atoms with Crippen LogP contribution in [0.15, 0.2) is 0 Å². The summed E-state index contributed by atoms with van der Waals surface area (Å²) in [4.78, 5) is 11.5. The summed E-state index contributed by atoms with van der Waals surface area (Å²) in [5.41, 5.74) is 5.71. The van der Waals surface area contributed by atoms with Crippen LogP contribution in [0.4, 0.5) is 0 Å². The van der Waals surface area contributed by atoms with E-state index in [1.54, 1.807) is 0 Å². The fourth-order valence-corrected chi connectivity index (χ4v) is 1.65. The first-order chi connectivity index (χ1) is 7.11. The van der Waals surface area contributed by atoms with E-state index in [4.69, 9.17) is 10.5 Å². The molecule has 3 N–H and O–H groups in total. The van der Waals surface area contributed by atoms with E-state index < -0.39 is 6.04 Å². The Balaban J connectivity index is 2.11. The Kier molecular flexibility index (Phi) is 5.05. The third-order valence-electron chi connectivity index (χ3n) is 2.81. The van der Waals surface area contributed by atoms with Crippen molar-refractivity contribution in [3.63, 3.8) is 0 Å². The summed E-state index contributed by atoms with van der Waals surface area (Å²) >= 11 is 0. The van der Waals surface area contributed by atoms with Crippen molar-refractivity contribution in [2.75, 3.05) is 13.2 Å². The van der Waals surface area contributed by atoms with Gasteiger partial charge in [0.2, 0.25) is 5.91 Å². The molecular weight excluding hydrogens is 192 g/mol. The van der Waals surface area contributed by atoms with E-state index in [0.717, 1.165) is 25.9 Å². The molecule has 15 heavy (non-hydrogen) atoms. The Bertz CT molecular complexity index is 201. The predicted molar refractivity (Wildman–Crippen MR) is 59.4 cm³/mol. The van der Waals surface area contributed by atoms with Crippen LogP contribution in [0.5, 0.6) is 0 Å². The van der Waals surface area contributed by atoms with E-state index in [1.807, 2.05) is 13.8 Å². The summed E-state index contributed by atoms with van der Waals surface area (Å²) in [6.07, 6.45) is 3.49. The smallest absolute Gasteiger partial charge is 0.237 e. The van der Waals surface area contributed by atoms with Crippen LogP contribution in [0.2, 0.25) is 0 Å². The fourth-order valence-electron chi connectivity index (χ4n) is 1.65. The van der Waals surface area contributed by atoms with Gasteiger partial charge in [0.15, 0.2) is 0 Å². The largest absolute Gasteiger partial charge is 0.378 e. The van der Waals surface area contributed by atoms with Gasteiger partial charge in [-0.05, 0) is 25.2 Å². The quantitative estimate of drug-likeness (QED) is 0.706. The van der Waals surface area contributed by atoms with Crippen molar-refractivity contribution in [3.05, 3.63) is 0 Å². The zero-order chi connectivity index (χ0) is 11.3. The van der Waals surface area contributed by atoms with Gasteiger partial charge in [0.1, 0.15) is 0 Å².